The van der Waals surface area contributed by atoms with Crippen LogP contribution in [0.2, 0.25) is 0 Å². The number of likely N-dealkylation sites (N-methyl/N-ethyl adjacent to an activating group) is 1. The number of furan rings is 1. The summed E-state index contributed by atoms with van der Waals surface area (Å²) in [6, 6.07) is 3.08. The third kappa shape index (κ3) is 3.38. The van der Waals surface area contributed by atoms with Crippen molar-refractivity contribution >= 4 is 29.5 Å². The molecule has 1 fully saturated rings. The lowest BCUT2D eigenvalue weighted by Gasteiger charge is -2.26. The number of amides is 2. The Balaban J connectivity index is 1.95. The van der Waals surface area contributed by atoms with E-state index in [0.717, 1.165) is 0 Å². The number of carboxylic acids is 1. The van der Waals surface area contributed by atoms with Crippen LogP contribution in [-0.2, 0) is 9.59 Å². The smallest absolute Gasteiger partial charge is 0.330 e. The van der Waals surface area contributed by atoms with Gasteiger partial charge < -0.3 is 19.7 Å². The minimum absolute atomic E-state index is 0.134. The molecule has 1 aliphatic rings. The molecule has 2 rings (SSSR count). The van der Waals surface area contributed by atoms with Crippen molar-refractivity contribution in [2.24, 2.45) is 0 Å². The number of carbonyl (C=O) groups excluding carboxylic acids is 2. The summed E-state index contributed by atoms with van der Waals surface area (Å²) in [6.07, 6.45) is 1.75. The normalized spacial score (nSPS) is 21.0. The molecule has 0 spiro atoms. The Hall–Kier alpha value is -1.96. The van der Waals surface area contributed by atoms with Gasteiger partial charge in [0.2, 0.25) is 5.91 Å². The van der Waals surface area contributed by atoms with Gasteiger partial charge in [-0.25, -0.2) is 4.79 Å². The van der Waals surface area contributed by atoms with Gasteiger partial charge in [-0.2, -0.15) is 11.8 Å². The molecule has 2 N–H and O–H groups in total. The standard InChI is InChI=1S/C13H16N2O5S/c1-15(11(17)9-3-2-5-20-9)7-10(16)14-13(12(18)19)4-6-21-8-13/h2-3,5H,4,6-8H2,1H3,(H,14,16)(H,18,19). The fourth-order valence-electron chi connectivity index (χ4n) is 2.07. The van der Waals surface area contributed by atoms with Gasteiger partial charge in [-0.1, -0.05) is 0 Å². The number of nitrogens with one attached hydrogen (secondary N) is 1. The zero-order chi connectivity index (χ0) is 15.5. The summed E-state index contributed by atoms with van der Waals surface area (Å²) in [7, 11) is 1.46. The van der Waals surface area contributed by atoms with Gasteiger partial charge in [0, 0.05) is 12.8 Å². The number of nitrogens with zero attached hydrogens (tertiary/aromatic N) is 1. The molecule has 2 heterocycles. The van der Waals surface area contributed by atoms with Crippen molar-refractivity contribution in [2.75, 3.05) is 25.1 Å². The average Bonchev–Trinajstić information content (AvgIpc) is 3.08. The van der Waals surface area contributed by atoms with Gasteiger partial charge >= 0.3 is 5.97 Å². The molecule has 7 nitrogen and oxygen atoms in total. The molecule has 1 aromatic heterocycles. The van der Waals surface area contributed by atoms with Crippen LogP contribution >= 0.6 is 11.8 Å². The summed E-state index contributed by atoms with van der Waals surface area (Å²) in [4.78, 5) is 36.4. The molecular formula is C13H16N2O5S. The summed E-state index contributed by atoms with van der Waals surface area (Å²) >= 11 is 1.48. The Morgan fingerprint density at radius 2 is 2.29 bits per heavy atom. The highest BCUT2D eigenvalue weighted by atomic mass is 32.2. The molecule has 0 aliphatic carbocycles. The van der Waals surface area contributed by atoms with Crippen LogP contribution in [0.15, 0.2) is 22.8 Å². The van der Waals surface area contributed by atoms with Crippen LogP contribution in [0.3, 0.4) is 0 Å². The second-order valence-corrected chi connectivity index (χ2v) is 5.98. The van der Waals surface area contributed by atoms with Crippen molar-refractivity contribution in [3.8, 4) is 0 Å². The Morgan fingerprint density at radius 3 is 2.81 bits per heavy atom. The molecule has 1 saturated heterocycles. The number of rotatable bonds is 5. The van der Waals surface area contributed by atoms with Crippen LogP contribution in [0.1, 0.15) is 17.0 Å². The van der Waals surface area contributed by atoms with Gasteiger partial charge in [0.1, 0.15) is 5.54 Å². The van der Waals surface area contributed by atoms with Crippen molar-refractivity contribution in [3.05, 3.63) is 24.2 Å². The molecule has 21 heavy (non-hydrogen) atoms. The number of carbonyl (C=O) groups is 3. The lowest BCUT2D eigenvalue weighted by atomic mass is 9.99. The maximum absolute atomic E-state index is 12.0. The van der Waals surface area contributed by atoms with Crippen molar-refractivity contribution in [3.63, 3.8) is 0 Å². The van der Waals surface area contributed by atoms with E-state index in [-0.39, 0.29) is 12.3 Å². The minimum Gasteiger partial charge on any atom is -0.479 e. The Kier molecular flexibility index (Phi) is 4.56. The van der Waals surface area contributed by atoms with Gasteiger partial charge in [0.05, 0.1) is 12.8 Å². The molecule has 8 heteroatoms. The highest BCUT2D eigenvalue weighted by Crippen LogP contribution is 2.28. The van der Waals surface area contributed by atoms with Gasteiger partial charge in [-0.3, -0.25) is 9.59 Å². The molecule has 2 amide bonds. The van der Waals surface area contributed by atoms with Crippen LogP contribution in [0, 0.1) is 0 Å². The van der Waals surface area contributed by atoms with Crippen LogP contribution in [0.5, 0.6) is 0 Å². The molecule has 1 aliphatic heterocycles. The maximum atomic E-state index is 12.0. The first-order valence-electron chi connectivity index (χ1n) is 6.36. The minimum atomic E-state index is -1.23. The van der Waals surface area contributed by atoms with E-state index in [2.05, 4.69) is 5.32 Å². The second-order valence-electron chi connectivity index (χ2n) is 4.88. The van der Waals surface area contributed by atoms with E-state index in [4.69, 9.17) is 4.42 Å². The Labute approximate surface area is 125 Å². The predicted molar refractivity (Wildman–Crippen MR) is 76.1 cm³/mol. The predicted octanol–water partition coefficient (Wildman–Crippen LogP) is 0.428. The highest BCUT2D eigenvalue weighted by molar-refractivity contribution is 7.99. The molecule has 0 aromatic carbocycles. The first-order valence-corrected chi connectivity index (χ1v) is 7.51. The Morgan fingerprint density at radius 1 is 1.52 bits per heavy atom. The van der Waals surface area contributed by atoms with Crippen LogP contribution in [0.25, 0.3) is 0 Å². The lowest BCUT2D eigenvalue weighted by Crippen LogP contribution is -2.56. The van der Waals surface area contributed by atoms with Crippen molar-refractivity contribution in [2.45, 2.75) is 12.0 Å². The number of hydrogen-bond acceptors (Lipinski definition) is 5. The molecule has 1 unspecified atom stereocenters. The third-order valence-corrected chi connectivity index (χ3v) is 4.46. The van der Waals surface area contributed by atoms with E-state index in [1.54, 1.807) is 6.07 Å². The third-order valence-electron chi connectivity index (χ3n) is 3.27. The van der Waals surface area contributed by atoms with E-state index in [1.807, 2.05) is 0 Å². The van der Waals surface area contributed by atoms with Gasteiger partial charge in [0.15, 0.2) is 5.76 Å². The van der Waals surface area contributed by atoms with Crippen LogP contribution in [-0.4, -0.2) is 58.4 Å². The molecule has 0 bridgehead atoms. The summed E-state index contributed by atoms with van der Waals surface area (Å²) < 4.78 is 4.97. The van der Waals surface area contributed by atoms with E-state index >= 15 is 0 Å². The zero-order valence-electron chi connectivity index (χ0n) is 11.5. The molecule has 1 atom stereocenters. The summed E-state index contributed by atoms with van der Waals surface area (Å²) in [6.45, 7) is -0.223. The molecule has 1 aromatic rings. The number of aliphatic carboxylic acids is 1. The van der Waals surface area contributed by atoms with Crippen molar-refractivity contribution < 1.29 is 23.9 Å². The van der Waals surface area contributed by atoms with E-state index in [1.165, 1.54) is 36.0 Å². The van der Waals surface area contributed by atoms with Crippen LogP contribution in [0.4, 0.5) is 0 Å². The van der Waals surface area contributed by atoms with Gasteiger partial charge in [-0.05, 0) is 24.3 Å². The molecular weight excluding hydrogens is 296 g/mol. The summed E-state index contributed by atoms with van der Waals surface area (Å²) in [5, 5.41) is 11.8. The topological polar surface area (TPSA) is 99.9 Å². The van der Waals surface area contributed by atoms with Gasteiger partial charge in [0.25, 0.3) is 5.91 Å². The SMILES string of the molecule is CN(CC(=O)NC1(C(=O)O)CCSC1)C(=O)c1ccco1. The average molecular weight is 312 g/mol. The number of thioether (sulfide) groups is 1. The quantitative estimate of drug-likeness (QED) is 0.818. The highest BCUT2D eigenvalue weighted by Gasteiger charge is 2.43. The number of hydrogen-bond donors (Lipinski definition) is 2. The maximum Gasteiger partial charge on any atom is 0.330 e. The van der Waals surface area contributed by atoms with E-state index in [0.29, 0.717) is 17.9 Å². The second kappa shape index (κ2) is 6.21. The fourth-order valence-corrected chi connectivity index (χ4v) is 3.39. The Bertz CT molecular complexity index is 537. The monoisotopic (exact) mass is 312 g/mol. The number of carboxylic acid groups (broad SMARTS) is 1. The van der Waals surface area contributed by atoms with Crippen molar-refractivity contribution in [1.29, 1.82) is 0 Å². The summed E-state index contributed by atoms with van der Waals surface area (Å²) in [5.41, 5.74) is -1.23. The van der Waals surface area contributed by atoms with E-state index < -0.39 is 23.3 Å². The van der Waals surface area contributed by atoms with E-state index in [9.17, 15) is 19.5 Å². The van der Waals surface area contributed by atoms with Gasteiger partial charge in [-0.15, -0.1) is 0 Å². The first kappa shape index (κ1) is 15.4. The van der Waals surface area contributed by atoms with Crippen LogP contribution < -0.4 is 5.32 Å². The first-order chi connectivity index (χ1) is 9.94. The molecule has 0 radical (unpaired) electrons. The zero-order valence-corrected chi connectivity index (χ0v) is 12.3. The molecule has 114 valence electrons. The fraction of sp³-hybridized carbons (Fsp3) is 0.462. The molecule has 0 saturated carbocycles. The lowest BCUT2D eigenvalue weighted by molar-refractivity contribution is -0.146. The summed E-state index contributed by atoms with van der Waals surface area (Å²) in [5.74, 6) is -0.810. The largest absolute Gasteiger partial charge is 0.479 e. The van der Waals surface area contributed by atoms with Crippen molar-refractivity contribution in [1.82, 2.24) is 10.2 Å².